The van der Waals surface area contributed by atoms with Gasteiger partial charge in [0, 0.05) is 45.4 Å². The molecule has 3 heterocycles. The van der Waals surface area contributed by atoms with Gasteiger partial charge in [-0.25, -0.2) is 4.52 Å². The molecule has 4 aromatic rings. The Morgan fingerprint density at radius 1 is 1.03 bits per heavy atom. The van der Waals surface area contributed by atoms with Gasteiger partial charge >= 0.3 is 0 Å². The third-order valence-corrected chi connectivity index (χ3v) is 9.35. The molecule has 2 saturated carbocycles. The molecule has 0 unspecified atom stereocenters. The average molecular weight is 522 g/mol. The van der Waals surface area contributed by atoms with Gasteiger partial charge in [-0.1, -0.05) is 30.8 Å². The summed E-state index contributed by atoms with van der Waals surface area (Å²) in [6.45, 7) is 5.68. The predicted octanol–water partition coefficient (Wildman–Crippen LogP) is 6.27. The van der Waals surface area contributed by atoms with Crippen LogP contribution in [0.2, 0.25) is 0 Å². The summed E-state index contributed by atoms with van der Waals surface area (Å²) < 4.78 is 3.98. The van der Waals surface area contributed by atoms with E-state index in [0.717, 1.165) is 51.5 Å². The van der Waals surface area contributed by atoms with E-state index in [0.29, 0.717) is 28.6 Å². The smallest absolute Gasteiger partial charge is 0.103 e. The molecule has 0 aliphatic heterocycles. The molecule has 0 atom stereocenters. The summed E-state index contributed by atoms with van der Waals surface area (Å²) in [5, 5.41) is 32.4. The highest BCUT2D eigenvalue weighted by molar-refractivity contribution is 7.99. The molecule has 8 heteroatoms. The molecule has 0 spiro atoms. The molecule has 0 bridgehead atoms. The zero-order valence-corrected chi connectivity index (χ0v) is 22.6. The minimum atomic E-state index is 0.410. The summed E-state index contributed by atoms with van der Waals surface area (Å²) in [5.74, 6) is 0. The molecule has 3 aromatic heterocycles. The lowest BCUT2D eigenvalue weighted by Crippen LogP contribution is -2.37. The fraction of sp³-hybridized carbons (Fsp3) is 0.400. The van der Waals surface area contributed by atoms with Crippen molar-refractivity contribution in [1.29, 1.82) is 10.5 Å². The fourth-order valence-electron chi connectivity index (χ4n) is 5.54. The maximum Gasteiger partial charge on any atom is 0.103 e. The Morgan fingerprint density at radius 2 is 1.79 bits per heavy atom. The molecule has 6 rings (SSSR count). The van der Waals surface area contributed by atoms with Gasteiger partial charge in [0.05, 0.1) is 35.1 Å². The van der Waals surface area contributed by atoms with Crippen molar-refractivity contribution in [2.45, 2.75) is 74.2 Å². The van der Waals surface area contributed by atoms with Crippen molar-refractivity contribution in [3.63, 3.8) is 0 Å². The summed E-state index contributed by atoms with van der Waals surface area (Å²) in [7, 11) is 0. The monoisotopic (exact) mass is 521 g/mol. The van der Waals surface area contributed by atoms with E-state index in [-0.39, 0.29) is 0 Å². The quantitative estimate of drug-likeness (QED) is 0.308. The van der Waals surface area contributed by atoms with Gasteiger partial charge in [-0.2, -0.15) is 20.7 Å². The highest BCUT2D eigenvalue weighted by Crippen LogP contribution is 2.44. The summed E-state index contributed by atoms with van der Waals surface area (Å²) >= 11 is 1.49. The van der Waals surface area contributed by atoms with E-state index in [1.165, 1.54) is 37.4 Å². The molecule has 7 nitrogen and oxygen atoms in total. The van der Waals surface area contributed by atoms with E-state index in [4.69, 9.17) is 5.10 Å². The molecule has 0 saturated heterocycles. The molecule has 0 radical (unpaired) electrons. The molecule has 192 valence electrons. The van der Waals surface area contributed by atoms with Crippen LogP contribution in [0.3, 0.4) is 0 Å². The first-order valence-electron chi connectivity index (χ1n) is 13.3. The normalized spacial score (nSPS) is 20.2. The van der Waals surface area contributed by atoms with Gasteiger partial charge in [-0.05, 0) is 69.1 Å². The first-order chi connectivity index (χ1) is 18.5. The topological polar surface area (TPSA) is 94.7 Å². The number of nitriles is 2. The Balaban J connectivity index is 1.28. The Bertz CT molecular complexity index is 1570. The Kier molecular flexibility index (Phi) is 6.47. The minimum absolute atomic E-state index is 0.410. The van der Waals surface area contributed by atoms with Crippen LogP contribution in [0.25, 0.3) is 16.6 Å². The molecule has 1 aromatic carbocycles. The van der Waals surface area contributed by atoms with E-state index in [1.54, 1.807) is 10.7 Å². The number of hydrogen-bond donors (Lipinski definition) is 1. The molecular weight excluding hydrogens is 490 g/mol. The number of fused-ring (bicyclic) bond motifs is 1. The van der Waals surface area contributed by atoms with E-state index in [1.807, 2.05) is 36.7 Å². The largest absolute Gasteiger partial charge is 0.313 e. The van der Waals surface area contributed by atoms with Crippen LogP contribution in [0.4, 0.5) is 0 Å². The van der Waals surface area contributed by atoms with Crippen LogP contribution < -0.4 is 5.32 Å². The zero-order valence-electron chi connectivity index (χ0n) is 21.8. The summed E-state index contributed by atoms with van der Waals surface area (Å²) in [6.07, 6.45) is 12.9. The van der Waals surface area contributed by atoms with Gasteiger partial charge in [0.25, 0.3) is 0 Å². The highest BCUT2D eigenvalue weighted by atomic mass is 32.2. The van der Waals surface area contributed by atoms with Crippen LogP contribution >= 0.6 is 11.8 Å². The Hall–Kier alpha value is -3.59. The first kappa shape index (κ1) is 24.7. The van der Waals surface area contributed by atoms with Crippen LogP contribution in [0.1, 0.15) is 68.3 Å². The van der Waals surface area contributed by atoms with Crippen molar-refractivity contribution in [3.8, 4) is 23.3 Å². The molecular formula is C30H31N7S. The molecule has 2 aliphatic rings. The summed E-state index contributed by atoms with van der Waals surface area (Å²) in [4.78, 5) is 1.75. The van der Waals surface area contributed by atoms with E-state index in [9.17, 15) is 10.5 Å². The lowest BCUT2D eigenvalue weighted by atomic mass is 9.90. The summed E-state index contributed by atoms with van der Waals surface area (Å²) in [6, 6.07) is 15.2. The third kappa shape index (κ3) is 4.71. The van der Waals surface area contributed by atoms with Crippen LogP contribution in [0.15, 0.2) is 58.7 Å². The van der Waals surface area contributed by atoms with Gasteiger partial charge in [-0.15, -0.1) is 0 Å². The lowest BCUT2D eigenvalue weighted by molar-refractivity contribution is 0.265. The second-order valence-corrected chi connectivity index (χ2v) is 12.1. The second-order valence-electron chi connectivity index (χ2n) is 11.1. The number of benzene rings is 1. The Morgan fingerprint density at radius 3 is 2.53 bits per heavy atom. The molecule has 0 amide bonds. The van der Waals surface area contributed by atoms with Crippen molar-refractivity contribution in [3.05, 3.63) is 65.7 Å². The van der Waals surface area contributed by atoms with Crippen molar-refractivity contribution in [2.24, 2.45) is 5.41 Å². The van der Waals surface area contributed by atoms with Crippen LogP contribution in [-0.2, 0) is 0 Å². The number of rotatable bonds is 7. The number of pyridine rings is 1. The van der Waals surface area contributed by atoms with Gasteiger partial charge in [0.1, 0.15) is 12.1 Å². The standard InChI is InChI=1S/C30H31N7S/c1-20-26(17-35-37(20)25-9-7-24(8-10-25)33-19-30(2)11-12-30)22-13-28(29-23(15-32)16-34-36(29)18-22)38-27-6-4-3-5-21(27)14-31/h3-6,13,16-18,24-25,33H,7-12,19H2,1-2H3. The molecule has 38 heavy (non-hydrogen) atoms. The SMILES string of the molecule is Cc1c(-c2cc(Sc3ccccc3C#N)c3c(C#N)cnn3c2)cnn1C1CCC(NCC2(C)CC2)CC1. The highest BCUT2D eigenvalue weighted by Gasteiger charge is 2.37. The number of aromatic nitrogens is 4. The van der Waals surface area contributed by atoms with Gasteiger partial charge in [0.2, 0.25) is 0 Å². The van der Waals surface area contributed by atoms with Crippen molar-refractivity contribution >= 4 is 17.3 Å². The number of hydrogen-bond acceptors (Lipinski definition) is 6. The first-order valence-corrected chi connectivity index (χ1v) is 14.2. The van der Waals surface area contributed by atoms with E-state index >= 15 is 0 Å². The van der Waals surface area contributed by atoms with Crippen LogP contribution in [0, 0.1) is 35.0 Å². The van der Waals surface area contributed by atoms with E-state index in [2.05, 4.69) is 47.1 Å². The second kappa shape index (κ2) is 9.94. The third-order valence-electron chi connectivity index (χ3n) is 8.24. The fourth-order valence-corrected chi connectivity index (χ4v) is 6.63. The summed E-state index contributed by atoms with van der Waals surface area (Å²) in [5.41, 5.74) is 5.64. The van der Waals surface area contributed by atoms with Gasteiger partial charge < -0.3 is 5.32 Å². The van der Waals surface area contributed by atoms with Gasteiger partial charge in [0.15, 0.2) is 0 Å². The average Bonchev–Trinajstić information content (AvgIpc) is 3.34. The van der Waals surface area contributed by atoms with E-state index < -0.39 is 0 Å². The minimum Gasteiger partial charge on any atom is -0.313 e. The molecule has 1 N–H and O–H groups in total. The maximum absolute atomic E-state index is 9.71. The zero-order chi connectivity index (χ0) is 26.3. The van der Waals surface area contributed by atoms with Crippen molar-refractivity contribution in [1.82, 2.24) is 24.7 Å². The van der Waals surface area contributed by atoms with Crippen LogP contribution in [-0.4, -0.2) is 32.0 Å². The molecule has 2 fully saturated rings. The number of nitrogens with zero attached hydrogens (tertiary/aromatic N) is 6. The van der Waals surface area contributed by atoms with Crippen LogP contribution in [0.5, 0.6) is 0 Å². The number of nitrogens with one attached hydrogen (secondary N) is 1. The maximum atomic E-state index is 9.71. The van der Waals surface area contributed by atoms with Gasteiger partial charge in [-0.3, -0.25) is 4.68 Å². The lowest BCUT2D eigenvalue weighted by Gasteiger charge is -2.31. The Labute approximate surface area is 227 Å². The predicted molar refractivity (Wildman–Crippen MR) is 148 cm³/mol. The van der Waals surface area contributed by atoms with Crippen molar-refractivity contribution < 1.29 is 0 Å². The van der Waals surface area contributed by atoms with Crippen molar-refractivity contribution in [2.75, 3.05) is 6.54 Å². The molecule has 2 aliphatic carbocycles.